The maximum atomic E-state index is 12.9. The SMILES string of the molecule is CCc1ccc(C(C)(C)C(=O)N2CCCC(NC)C2)cc1. The van der Waals surface area contributed by atoms with E-state index in [-0.39, 0.29) is 5.91 Å². The molecule has 3 nitrogen and oxygen atoms in total. The summed E-state index contributed by atoms with van der Waals surface area (Å²) in [5.41, 5.74) is 1.97. The van der Waals surface area contributed by atoms with Crippen LogP contribution in [0.1, 0.15) is 44.7 Å². The molecule has 1 aliphatic heterocycles. The number of benzene rings is 1. The Morgan fingerprint density at radius 2 is 2.00 bits per heavy atom. The van der Waals surface area contributed by atoms with Gasteiger partial charge in [-0.3, -0.25) is 4.79 Å². The van der Waals surface area contributed by atoms with Crippen LogP contribution in [0.15, 0.2) is 24.3 Å². The standard InChI is InChI=1S/C18H28N2O/c1-5-14-8-10-15(11-9-14)18(2,3)17(21)20-12-6-7-16(13-20)19-4/h8-11,16,19H,5-7,12-13H2,1-4H3. The van der Waals surface area contributed by atoms with Crippen molar-refractivity contribution in [2.24, 2.45) is 0 Å². The van der Waals surface area contributed by atoms with Crippen LogP contribution in [0, 0.1) is 0 Å². The van der Waals surface area contributed by atoms with Gasteiger partial charge >= 0.3 is 0 Å². The number of amides is 1. The van der Waals surface area contributed by atoms with E-state index in [0.29, 0.717) is 6.04 Å². The van der Waals surface area contributed by atoms with E-state index in [1.54, 1.807) is 0 Å². The second-order valence-electron chi connectivity index (χ2n) is 6.55. The summed E-state index contributed by atoms with van der Waals surface area (Å²) >= 11 is 0. The average molecular weight is 288 g/mol. The van der Waals surface area contributed by atoms with Crippen molar-refractivity contribution in [1.29, 1.82) is 0 Å². The van der Waals surface area contributed by atoms with Crippen molar-refractivity contribution in [2.75, 3.05) is 20.1 Å². The average Bonchev–Trinajstić information content (AvgIpc) is 2.54. The van der Waals surface area contributed by atoms with Gasteiger partial charge < -0.3 is 10.2 Å². The number of nitrogens with one attached hydrogen (secondary N) is 1. The Morgan fingerprint density at radius 3 is 2.57 bits per heavy atom. The minimum atomic E-state index is -0.456. The molecule has 0 aliphatic carbocycles. The highest BCUT2D eigenvalue weighted by molar-refractivity contribution is 5.87. The van der Waals surface area contributed by atoms with Crippen LogP contribution in [-0.2, 0) is 16.6 Å². The van der Waals surface area contributed by atoms with E-state index in [2.05, 4.69) is 36.5 Å². The second-order valence-corrected chi connectivity index (χ2v) is 6.55. The molecule has 1 amide bonds. The summed E-state index contributed by atoms with van der Waals surface area (Å²) in [6, 6.07) is 8.92. The Hall–Kier alpha value is -1.35. The zero-order chi connectivity index (χ0) is 15.5. The molecule has 1 fully saturated rings. The first-order chi connectivity index (χ1) is 9.98. The Morgan fingerprint density at radius 1 is 1.33 bits per heavy atom. The van der Waals surface area contributed by atoms with Crippen molar-refractivity contribution in [3.63, 3.8) is 0 Å². The maximum Gasteiger partial charge on any atom is 0.232 e. The van der Waals surface area contributed by atoms with Crippen molar-refractivity contribution >= 4 is 5.91 Å². The molecule has 0 spiro atoms. The number of hydrogen-bond donors (Lipinski definition) is 1. The summed E-state index contributed by atoms with van der Waals surface area (Å²) in [4.78, 5) is 15.0. The van der Waals surface area contributed by atoms with Crippen LogP contribution >= 0.6 is 0 Å². The molecule has 1 aliphatic rings. The molecular weight excluding hydrogens is 260 g/mol. The highest BCUT2D eigenvalue weighted by Crippen LogP contribution is 2.27. The Kier molecular flexibility index (Phi) is 5.04. The zero-order valence-corrected chi connectivity index (χ0v) is 13.8. The highest BCUT2D eigenvalue weighted by Gasteiger charge is 2.35. The van der Waals surface area contributed by atoms with E-state index in [9.17, 15) is 4.79 Å². The predicted octanol–water partition coefficient (Wildman–Crippen LogP) is 2.74. The van der Waals surface area contributed by atoms with Crippen molar-refractivity contribution in [3.8, 4) is 0 Å². The van der Waals surface area contributed by atoms with Crippen LogP contribution in [0.25, 0.3) is 0 Å². The van der Waals surface area contributed by atoms with Crippen molar-refractivity contribution in [2.45, 2.75) is 51.5 Å². The van der Waals surface area contributed by atoms with Crippen LogP contribution in [0.4, 0.5) is 0 Å². The van der Waals surface area contributed by atoms with Crippen LogP contribution in [0.3, 0.4) is 0 Å². The van der Waals surface area contributed by atoms with Gasteiger partial charge in [0.2, 0.25) is 5.91 Å². The van der Waals surface area contributed by atoms with Crippen LogP contribution in [0.5, 0.6) is 0 Å². The largest absolute Gasteiger partial charge is 0.340 e. The van der Waals surface area contributed by atoms with E-state index >= 15 is 0 Å². The third kappa shape index (κ3) is 3.46. The van der Waals surface area contributed by atoms with Gasteiger partial charge in [0.1, 0.15) is 0 Å². The fourth-order valence-electron chi connectivity index (χ4n) is 3.07. The molecule has 1 unspecified atom stereocenters. The second kappa shape index (κ2) is 6.61. The van der Waals surface area contributed by atoms with Crippen LogP contribution in [0.2, 0.25) is 0 Å². The van der Waals surface area contributed by atoms with Gasteiger partial charge in [-0.25, -0.2) is 0 Å². The van der Waals surface area contributed by atoms with E-state index in [1.807, 2.05) is 25.8 Å². The van der Waals surface area contributed by atoms with E-state index in [4.69, 9.17) is 0 Å². The number of aryl methyl sites for hydroxylation is 1. The first-order valence-corrected chi connectivity index (χ1v) is 8.05. The number of rotatable bonds is 4. The van der Waals surface area contributed by atoms with Gasteiger partial charge in [-0.05, 0) is 51.3 Å². The minimum absolute atomic E-state index is 0.242. The van der Waals surface area contributed by atoms with Crippen LogP contribution < -0.4 is 5.32 Å². The number of piperidine rings is 1. The van der Waals surface area contributed by atoms with Crippen LogP contribution in [-0.4, -0.2) is 37.0 Å². The topological polar surface area (TPSA) is 32.3 Å². The summed E-state index contributed by atoms with van der Waals surface area (Å²) in [5, 5.41) is 3.30. The third-order valence-electron chi connectivity index (χ3n) is 4.74. The molecule has 1 atom stereocenters. The summed E-state index contributed by atoms with van der Waals surface area (Å²) in [7, 11) is 1.98. The first-order valence-electron chi connectivity index (χ1n) is 8.05. The van der Waals surface area contributed by atoms with Gasteiger partial charge in [0, 0.05) is 19.1 Å². The summed E-state index contributed by atoms with van der Waals surface area (Å²) in [6.45, 7) is 7.94. The van der Waals surface area contributed by atoms with E-state index < -0.39 is 5.41 Å². The molecule has 1 N–H and O–H groups in total. The molecule has 2 rings (SSSR count). The number of carbonyl (C=O) groups excluding carboxylic acids is 1. The molecule has 3 heteroatoms. The number of likely N-dealkylation sites (N-methyl/N-ethyl adjacent to an activating group) is 1. The number of hydrogen-bond acceptors (Lipinski definition) is 2. The number of likely N-dealkylation sites (tertiary alicyclic amines) is 1. The molecule has 21 heavy (non-hydrogen) atoms. The zero-order valence-electron chi connectivity index (χ0n) is 13.8. The van der Waals surface area contributed by atoms with Gasteiger partial charge in [-0.15, -0.1) is 0 Å². The van der Waals surface area contributed by atoms with Gasteiger partial charge in [-0.2, -0.15) is 0 Å². The molecule has 1 heterocycles. The molecule has 0 aromatic heterocycles. The monoisotopic (exact) mass is 288 g/mol. The summed E-state index contributed by atoms with van der Waals surface area (Å²) in [6.07, 6.45) is 3.28. The molecule has 0 saturated carbocycles. The van der Waals surface area contributed by atoms with Gasteiger partial charge in [-0.1, -0.05) is 31.2 Å². The van der Waals surface area contributed by atoms with Crippen molar-refractivity contribution in [1.82, 2.24) is 10.2 Å². The third-order valence-corrected chi connectivity index (χ3v) is 4.74. The first kappa shape index (κ1) is 16.0. The fraction of sp³-hybridized carbons (Fsp3) is 0.611. The Bertz CT molecular complexity index is 478. The Balaban J connectivity index is 2.15. The van der Waals surface area contributed by atoms with Gasteiger partial charge in [0.05, 0.1) is 5.41 Å². The van der Waals surface area contributed by atoms with Crippen molar-refractivity contribution in [3.05, 3.63) is 35.4 Å². The molecule has 1 aromatic rings. The number of nitrogens with zero attached hydrogens (tertiary/aromatic N) is 1. The lowest BCUT2D eigenvalue weighted by Gasteiger charge is -2.37. The molecule has 1 aromatic carbocycles. The molecule has 116 valence electrons. The van der Waals surface area contributed by atoms with Crippen molar-refractivity contribution < 1.29 is 4.79 Å². The summed E-state index contributed by atoms with van der Waals surface area (Å²) < 4.78 is 0. The minimum Gasteiger partial charge on any atom is -0.340 e. The molecule has 1 saturated heterocycles. The fourth-order valence-corrected chi connectivity index (χ4v) is 3.07. The lowest BCUT2D eigenvalue weighted by Crippen LogP contribution is -2.51. The number of carbonyl (C=O) groups is 1. The quantitative estimate of drug-likeness (QED) is 0.924. The van der Waals surface area contributed by atoms with E-state index in [0.717, 1.165) is 37.9 Å². The lowest BCUT2D eigenvalue weighted by molar-refractivity contribution is -0.137. The smallest absolute Gasteiger partial charge is 0.232 e. The van der Waals surface area contributed by atoms with E-state index in [1.165, 1.54) is 5.56 Å². The normalized spacial score (nSPS) is 19.6. The highest BCUT2D eigenvalue weighted by atomic mass is 16.2. The van der Waals surface area contributed by atoms with Gasteiger partial charge in [0.25, 0.3) is 0 Å². The van der Waals surface area contributed by atoms with Gasteiger partial charge in [0.15, 0.2) is 0 Å². The molecular formula is C18H28N2O. The predicted molar refractivity (Wildman–Crippen MR) is 87.5 cm³/mol. The Labute approximate surface area is 128 Å². The summed E-state index contributed by atoms with van der Waals surface area (Å²) in [5.74, 6) is 0.242. The molecule has 0 bridgehead atoms. The maximum absolute atomic E-state index is 12.9. The lowest BCUT2D eigenvalue weighted by atomic mass is 9.82. The molecule has 0 radical (unpaired) electrons.